The molecule has 0 aliphatic carbocycles. The van der Waals surface area contributed by atoms with Crippen LogP contribution < -0.4 is 14.8 Å². The lowest BCUT2D eigenvalue weighted by atomic mass is 10.1. The summed E-state index contributed by atoms with van der Waals surface area (Å²) in [5.41, 5.74) is 0.951. The highest BCUT2D eigenvalue weighted by molar-refractivity contribution is 6.32. The Morgan fingerprint density at radius 1 is 1.29 bits per heavy atom. The zero-order chi connectivity index (χ0) is 21.1. The molecule has 28 heavy (non-hydrogen) atoms. The number of amides is 1. The van der Waals surface area contributed by atoms with Gasteiger partial charge in [-0.2, -0.15) is 5.10 Å². The molecule has 1 amide bonds. The van der Waals surface area contributed by atoms with E-state index in [1.807, 2.05) is 33.8 Å². The first-order chi connectivity index (χ1) is 13.0. The predicted octanol–water partition coefficient (Wildman–Crippen LogP) is 5.29. The van der Waals surface area contributed by atoms with E-state index in [2.05, 4.69) is 24.3 Å². The second-order valence-corrected chi connectivity index (χ2v) is 8.64. The number of nitrogens with zero attached hydrogens (tertiary/aromatic N) is 2. The maximum absolute atomic E-state index is 12.8. The van der Waals surface area contributed by atoms with Gasteiger partial charge in [-0.05, 0) is 52.2 Å². The third-order valence-electron chi connectivity index (χ3n) is 4.14. The number of ether oxygens (including phenoxy) is 2. The zero-order valence-electron chi connectivity index (χ0n) is 17.7. The van der Waals surface area contributed by atoms with Gasteiger partial charge in [-0.3, -0.25) is 4.79 Å². The van der Waals surface area contributed by atoms with E-state index in [4.69, 9.17) is 21.1 Å². The first kappa shape index (κ1) is 22.1. The Morgan fingerprint density at radius 3 is 2.54 bits per heavy atom. The molecule has 1 aromatic heterocycles. The van der Waals surface area contributed by atoms with Crippen molar-refractivity contribution < 1.29 is 14.3 Å². The Morgan fingerprint density at radius 2 is 1.96 bits per heavy atom. The summed E-state index contributed by atoms with van der Waals surface area (Å²) in [6, 6.07) is 5.07. The lowest BCUT2D eigenvalue weighted by Gasteiger charge is -2.22. The molecule has 7 heteroatoms. The van der Waals surface area contributed by atoms with Crippen LogP contribution in [0, 0.1) is 12.8 Å². The minimum absolute atomic E-state index is 0.264. The number of hydrogen-bond donors (Lipinski definition) is 1. The molecule has 1 aromatic carbocycles. The van der Waals surface area contributed by atoms with Gasteiger partial charge in [0.25, 0.3) is 5.91 Å². The van der Waals surface area contributed by atoms with Gasteiger partial charge in [0, 0.05) is 11.6 Å². The monoisotopic (exact) mass is 407 g/mol. The fourth-order valence-corrected chi connectivity index (χ4v) is 2.94. The lowest BCUT2D eigenvalue weighted by molar-refractivity contribution is 0.102. The lowest BCUT2D eigenvalue weighted by Crippen LogP contribution is -2.26. The van der Waals surface area contributed by atoms with Crippen LogP contribution in [0.25, 0.3) is 0 Å². The quantitative estimate of drug-likeness (QED) is 0.677. The Kier molecular flexibility index (Phi) is 6.99. The third kappa shape index (κ3) is 5.41. The van der Waals surface area contributed by atoms with E-state index in [0.717, 1.165) is 12.1 Å². The van der Waals surface area contributed by atoms with Gasteiger partial charge in [-0.15, -0.1) is 0 Å². The van der Waals surface area contributed by atoms with E-state index in [9.17, 15) is 4.79 Å². The standard InChI is InChI=1S/C21H30ClN3O3/c1-13(2)8-9-28-19-16(22)11-15(12-17(19)27-7)20(26)23-18-10-14(3)24-25(18)21(4,5)6/h10-13H,8-9H2,1-7H3,(H,23,26). The Balaban J connectivity index is 2.26. The molecule has 1 heterocycles. The van der Waals surface area contributed by atoms with Crippen molar-refractivity contribution in [1.82, 2.24) is 9.78 Å². The van der Waals surface area contributed by atoms with Crippen LogP contribution >= 0.6 is 11.6 Å². The van der Waals surface area contributed by atoms with Crippen molar-refractivity contribution in [1.29, 1.82) is 0 Å². The summed E-state index contributed by atoms with van der Waals surface area (Å²) in [6.45, 7) is 12.7. The average Bonchev–Trinajstić information content (AvgIpc) is 2.96. The normalized spacial score (nSPS) is 11.6. The second-order valence-electron chi connectivity index (χ2n) is 8.23. The maximum Gasteiger partial charge on any atom is 0.257 e. The smallest absolute Gasteiger partial charge is 0.257 e. The molecule has 0 bridgehead atoms. The van der Waals surface area contributed by atoms with Crippen LogP contribution in [0.1, 0.15) is 57.1 Å². The number of aromatic nitrogens is 2. The molecule has 6 nitrogen and oxygen atoms in total. The average molecular weight is 408 g/mol. The molecule has 2 aromatic rings. The summed E-state index contributed by atoms with van der Waals surface area (Å²) in [4.78, 5) is 12.8. The maximum atomic E-state index is 12.8. The summed E-state index contributed by atoms with van der Waals surface area (Å²) in [6.07, 6.45) is 0.901. The molecule has 2 rings (SSSR count). The van der Waals surface area contributed by atoms with Gasteiger partial charge in [0.05, 0.1) is 30.0 Å². The minimum atomic E-state index is -0.292. The predicted molar refractivity (Wildman–Crippen MR) is 113 cm³/mol. The molecule has 0 aliphatic rings. The van der Waals surface area contributed by atoms with Crippen molar-refractivity contribution >= 4 is 23.3 Å². The van der Waals surface area contributed by atoms with Gasteiger partial charge >= 0.3 is 0 Å². The van der Waals surface area contributed by atoms with E-state index in [1.54, 1.807) is 16.8 Å². The number of carbonyl (C=O) groups excluding carboxylic acids is 1. The first-order valence-electron chi connectivity index (χ1n) is 9.41. The SMILES string of the molecule is COc1cc(C(=O)Nc2cc(C)nn2C(C)(C)C)cc(Cl)c1OCCC(C)C. The molecular weight excluding hydrogens is 378 g/mol. The number of rotatable bonds is 7. The number of methoxy groups -OCH3 is 1. The van der Waals surface area contributed by atoms with Crippen LogP contribution in [-0.4, -0.2) is 29.4 Å². The molecule has 0 fully saturated rings. The summed E-state index contributed by atoms with van der Waals surface area (Å²) < 4.78 is 13.0. The number of carbonyl (C=O) groups is 1. The minimum Gasteiger partial charge on any atom is -0.493 e. The highest BCUT2D eigenvalue weighted by atomic mass is 35.5. The second kappa shape index (κ2) is 8.86. The number of aryl methyl sites for hydroxylation is 1. The number of anilines is 1. The highest BCUT2D eigenvalue weighted by Gasteiger charge is 2.22. The number of nitrogens with one attached hydrogen (secondary N) is 1. The zero-order valence-corrected chi connectivity index (χ0v) is 18.5. The molecule has 0 atom stereocenters. The molecule has 0 aliphatic heterocycles. The Hall–Kier alpha value is -2.21. The number of hydrogen-bond acceptors (Lipinski definition) is 4. The fourth-order valence-electron chi connectivity index (χ4n) is 2.68. The van der Waals surface area contributed by atoms with Gasteiger partial charge in [0.15, 0.2) is 11.5 Å². The van der Waals surface area contributed by atoms with Gasteiger partial charge in [-0.1, -0.05) is 25.4 Å². The van der Waals surface area contributed by atoms with Crippen molar-refractivity contribution in [3.63, 3.8) is 0 Å². The van der Waals surface area contributed by atoms with Crippen LogP contribution in [0.2, 0.25) is 5.02 Å². The molecule has 0 radical (unpaired) electrons. The third-order valence-corrected chi connectivity index (χ3v) is 4.42. The topological polar surface area (TPSA) is 65.4 Å². The highest BCUT2D eigenvalue weighted by Crippen LogP contribution is 2.37. The molecule has 154 valence electrons. The van der Waals surface area contributed by atoms with E-state index in [1.165, 1.54) is 7.11 Å². The van der Waals surface area contributed by atoms with Crippen LogP contribution in [0.5, 0.6) is 11.5 Å². The van der Waals surface area contributed by atoms with E-state index in [0.29, 0.717) is 40.4 Å². The van der Waals surface area contributed by atoms with E-state index >= 15 is 0 Å². The summed E-state index contributed by atoms with van der Waals surface area (Å²) in [7, 11) is 1.53. The molecule has 0 saturated heterocycles. The molecule has 0 spiro atoms. The number of halogens is 1. The fraction of sp³-hybridized carbons (Fsp3) is 0.524. The van der Waals surface area contributed by atoms with Gasteiger partial charge < -0.3 is 14.8 Å². The Labute approximate surface area is 172 Å². The largest absolute Gasteiger partial charge is 0.493 e. The van der Waals surface area contributed by atoms with Crippen molar-refractivity contribution in [2.45, 2.75) is 53.5 Å². The van der Waals surface area contributed by atoms with Crippen LogP contribution in [-0.2, 0) is 5.54 Å². The Bertz CT molecular complexity index is 838. The summed E-state index contributed by atoms with van der Waals surface area (Å²) in [5.74, 6) is 1.74. The van der Waals surface area contributed by atoms with E-state index in [-0.39, 0.29) is 11.4 Å². The first-order valence-corrected chi connectivity index (χ1v) is 9.79. The van der Waals surface area contributed by atoms with Gasteiger partial charge in [-0.25, -0.2) is 4.68 Å². The van der Waals surface area contributed by atoms with Crippen LogP contribution in [0.4, 0.5) is 5.82 Å². The number of benzene rings is 1. The van der Waals surface area contributed by atoms with Crippen molar-refractivity contribution in [3.8, 4) is 11.5 Å². The molecule has 0 saturated carbocycles. The molecular formula is C21H30ClN3O3. The van der Waals surface area contributed by atoms with Crippen molar-refractivity contribution in [2.24, 2.45) is 5.92 Å². The van der Waals surface area contributed by atoms with Gasteiger partial charge in [0.2, 0.25) is 0 Å². The van der Waals surface area contributed by atoms with Gasteiger partial charge in [0.1, 0.15) is 5.82 Å². The molecule has 1 N–H and O–H groups in total. The summed E-state index contributed by atoms with van der Waals surface area (Å²) in [5, 5.41) is 7.73. The van der Waals surface area contributed by atoms with Crippen LogP contribution in [0.3, 0.4) is 0 Å². The van der Waals surface area contributed by atoms with Crippen LogP contribution in [0.15, 0.2) is 18.2 Å². The summed E-state index contributed by atoms with van der Waals surface area (Å²) >= 11 is 6.38. The van der Waals surface area contributed by atoms with Crippen molar-refractivity contribution in [2.75, 3.05) is 19.0 Å². The van der Waals surface area contributed by atoms with Crippen molar-refractivity contribution in [3.05, 3.63) is 34.5 Å². The van der Waals surface area contributed by atoms with E-state index < -0.39 is 0 Å². The molecule has 0 unspecified atom stereocenters.